The van der Waals surface area contributed by atoms with Crippen molar-refractivity contribution in [1.82, 2.24) is 0 Å². The van der Waals surface area contributed by atoms with Crippen LogP contribution in [0, 0.1) is 0 Å². The average Bonchev–Trinajstić information content (AvgIpc) is 2.90. The van der Waals surface area contributed by atoms with Crippen LogP contribution in [0.5, 0.6) is 0 Å². The Morgan fingerprint density at radius 2 is 1.55 bits per heavy atom. The highest BCUT2D eigenvalue weighted by Crippen LogP contribution is 2.32. The Labute approximate surface area is 120 Å². The van der Waals surface area contributed by atoms with Gasteiger partial charge in [0.2, 0.25) is 0 Å². The van der Waals surface area contributed by atoms with Gasteiger partial charge in [-0.1, -0.05) is 48.5 Å². The van der Waals surface area contributed by atoms with E-state index < -0.39 is 16.0 Å². The molecule has 2 aromatic rings. The van der Waals surface area contributed by atoms with Gasteiger partial charge < -0.3 is 4.74 Å². The first-order chi connectivity index (χ1) is 9.77. The zero-order chi connectivity index (χ0) is 13.9. The Kier molecular flexibility index (Phi) is 3.65. The van der Waals surface area contributed by atoms with Crippen LogP contribution >= 0.6 is 0 Å². The molecule has 2 aromatic carbocycles. The minimum Gasteiger partial charge on any atom is -0.464 e. The summed E-state index contributed by atoms with van der Waals surface area (Å²) in [5, 5.41) is -0.625. The van der Waals surface area contributed by atoms with Gasteiger partial charge >= 0.3 is 5.97 Å². The third-order valence-corrected chi connectivity index (χ3v) is 5.16. The van der Waals surface area contributed by atoms with E-state index in [9.17, 15) is 9.00 Å². The van der Waals surface area contributed by atoms with E-state index in [1.807, 2.05) is 48.5 Å². The highest BCUT2D eigenvalue weighted by atomic mass is 32.2. The van der Waals surface area contributed by atoms with E-state index >= 15 is 0 Å². The molecule has 1 saturated heterocycles. The summed E-state index contributed by atoms with van der Waals surface area (Å²) in [5.41, 5.74) is 0.993. The maximum absolute atomic E-state index is 12.7. The number of carbonyl (C=O) groups is 1. The Hall–Kier alpha value is -1.94. The largest absolute Gasteiger partial charge is 0.464 e. The molecule has 1 heterocycles. The summed E-state index contributed by atoms with van der Waals surface area (Å²) in [6.45, 7) is 0.298. The average molecular weight is 286 g/mol. The quantitative estimate of drug-likeness (QED) is 0.814. The number of ether oxygens (including phenoxy) is 1. The van der Waals surface area contributed by atoms with Crippen LogP contribution in [0.1, 0.15) is 11.5 Å². The van der Waals surface area contributed by atoms with Crippen molar-refractivity contribution >= 4 is 16.8 Å². The summed E-state index contributed by atoms with van der Waals surface area (Å²) in [6, 6.07) is 18.7. The fourth-order valence-electron chi connectivity index (χ4n) is 2.41. The normalized spacial score (nSPS) is 23.3. The zero-order valence-electron chi connectivity index (χ0n) is 10.8. The summed E-state index contributed by atoms with van der Waals surface area (Å²) in [7, 11) is -1.39. The maximum atomic E-state index is 12.7. The second-order valence-electron chi connectivity index (χ2n) is 4.68. The highest BCUT2D eigenvalue weighted by molar-refractivity contribution is 7.86. The number of cyclic esters (lactones) is 1. The van der Waals surface area contributed by atoms with Crippen LogP contribution in [0.4, 0.5) is 0 Å². The van der Waals surface area contributed by atoms with Crippen molar-refractivity contribution in [1.29, 1.82) is 0 Å². The first-order valence-corrected chi connectivity index (χ1v) is 7.66. The lowest BCUT2D eigenvalue weighted by molar-refractivity contribution is -0.137. The Bertz CT molecular complexity index is 625. The molecule has 102 valence electrons. The first-order valence-electron chi connectivity index (χ1n) is 6.44. The second kappa shape index (κ2) is 5.59. The van der Waals surface area contributed by atoms with E-state index in [2.05, 4.69) is 0 Å². The summed E-state index contributed by atoms with van der Waals surface area (Å²) >= 11 is 0. The topological polar surface area (TPSA) is 43.4 Å². The molecule has 3 rings (SSSR count). The SMILES string of the molecule is O=C1OCC(c2ccccc2)C1S(=O)c1ccccc1. The Balaban J connectivity index is 1.94. The molecule has 0 amide bonds. The fourth-order valence-corrected chi connectivity index (χ4v) is 3.91. The smallest absolute Gasteiger partial charge is 0.322 e. The first kappa shape index (κ1) is 13.1. The van der Waals surface area contributed by atoms with Crippen molar-refractivity contribution < 1.29 is 13.7 Å². The van der Waals surface area contributed by atoms with Crippen LogP contribution in [0.15, 0.2) is 65.6 Å². The molecule has 0 aliphatic carbocycles. The van der Waals surface area contributed by atoms with Crippen molar-refractivity contribution in [2.75, 3.05) is 6.61 Å². The number of benzene rings is 2. The number of carbonyl (C=O) groups excluding carboxylic acids is 1. The molecule has 1 aliphatic rings. The molecule has 0 aromatic heterocycles. The van der Waals surface area contributed by atoms with Crippen LogP contribution in [-0.2, 0) is 20.3 Å². The molecule has 20 heavy (non-hydrogen) atoms. The molecule has 0 bridgehead atoms. The summed E-state index contributed by atoms with van der Waals surface area (Å²) in [5.74, 6) is -0.522. The van der Waals surface area contributed by atoms with Crippen molar-refractivity contribution in [2.45, 2.75) is 16.1 Å². The van der Waals surface area contributed by atoms with E-state index in [-0.39, 0.29) is 11.9 Å². The number of esters is 1. The summed E-state index contributed by atoms with van der Waals surface area (Å²) < 4.78 is 17.8. The molecule has 3 unspecified atom stereocenters. The van der Waals surface area contributed by atoms with Crippen molar-refractivity contribution in [3.05, 3.63) is 66.2 Å². The molecule has 0 radical (unpaired) electrons. The van der Waals surface area contributed by atoms with E-state index in [1.54, 1.807) is 12.1 Å². The van der Waals surface area contributed by atoms with Gasteiger partial charge in [-0.05, 0) is 17.7 Å². The third-order valence-electron chi connectivity index (χ3n) is 3.44. The fraction of sp³-hybridized carbons (Fsp3) is 0.188. The lowest BCUT2D eigenvalue weighted by atomic mass is 9.98. The minimum absolute atomic E-state index is 0.148. The van der Waals surface area contributed by atoms with E-state index in [0.717, 1.165) is 5.56 Å². The summed E-state index contributed by atoms with van der Waals surface area (Å²) in [4.78, 5) is 12.6. The Morgan fingerprint density at radius 3 is 2.20 bits per heavy atom. The van der Waals surface area contributed by atoms with Gasteiger partial charge in [-0.15, -0.1) is 0 Å². The van der Waals surface area contributed by atoms with Gasteiger partial charge in [0.1, 0.15) is 5.25 Å². The monoisotopic (exact) mass is 286 g/mol. The van der Waals surface area contributed by atoms with Gasteiger partial charge in [0.15, 0.2) is 0 Å². The molecule has 0 spiro atoms. The zero-order valence-corrected chi connectivity index (χ0v) is 11.6. The summed E-state index contributed by atoms with van der Waals surface area (Å²) in [6.07, 6.45) is 0. The molecule has 3 atom stereocenters. The predicted molar refractivity (Wildman–Crippen MR) is 76.8 cm³/mol. The molecule has 0 saturated carbocycles. The van der Waals surface area contributed by atoms with Crippen LogP contribution in [0.3, 0.4) is 0 Å². The van der Waals surface area contributed by atoms with Gasteiger partial charge in [0.05, 0.1) is 17.4 Å². The van der Waals surface area contributed by atoms with Crippen LogP contribution < -0.4 is 0 Å². The van der Waals surface area contributed by atoms with E-state index in [0.29, 0.717) is 11.5 Å². The van der Waals surface area contributed by atoms with Gasteiger partial charge in [-0.2, -0.15) is 0 Å². The standard InChI is InChI=1S/C16H14O3S/c17-16-15(20(18)13-9-5-2-6-10-13)14(11-19-16)12-7-3-1-4-8-12/h1-10,14-15H,11H2. The molecule has 0 N–H and O–H groups in total. The van der Waals surface area contributed by atoms with Crippen LogP contribution in [-0.4, -0.2) is 22.0 Å². The molecular formula is C16H14O3S. The molecule has 4 heteroatoms. The molecular weight excluding hydrogens is 272 g/mol. The van der Waals surface area contributed by atoms with E-state index in [1.165, 1.54) is 0 Å². The van der Waals surface area contributed by atoms with Gasteiger partial charge in [-0.3, -0.25) is 9.00 Å². The van der Waals surface area contributed by atoms with Gasteiger partial charge in [-0.25, -0.2) is 0 Å². The van der Waals surface area contributed by atoms with Gasteiger partial charge in [0, 0.05) is 10.8 Å². The molecule has 3 nitrogen and oxygen atoms in total. The lowest BCUT2D eigenvalue weighted by Crippen LogP contribution is -2.26. The van der Waals surface area contributed by atoms with Crippen molar-refractivity contribution in [3.63, 3.8) is 0 Å². The third kappa shape index (κ3) is 2.39. The number of hydrogen-bond acceptors (Lipinski definition) is 3. The number of rotatable bonds is 3. The number of hydrogen-bond donors (Lipinski definition) is 0. The van der Waals surface area contributed by atoms with Gasteiger partial charge in [0.25, 0.3) is 0 Å². The van der Waals surface area contributed by atoms with E-state index in [4.69, 9.17) is 4.74 Å². The second-order valence-corrected chi connectivity index (χ2v) is 6.25. The highest BCUT2D eigenvalue weighted by Gasteiger charge is 2.42. The Morgan fingerprint density at radius 1 is 0.950 bits per heavy atom. The lowest BCUT2D eigenvalue weighted by Gasteiger charge is -2.15. The minimum atomic E-state index is -1.39. The van der Waals surface area contributed by atoms with Crippen molar-refractivity contribution in [3.8, 4) is 0 Å². The molecule has 1 aliphatic heterocycles. The van der Waals surface area contributed by atoms with Crippen LogP contribution in [0.2, 0.25) is 0 Å². The van der Waals surface area contributed by atoms with Crippen molar-refractivity contribution in [2.24, 2.45) is 0 Å². The maximum Gasteiger partial charge on any atom is 0.322 e. The molecule has 1 fully saturated rings. The predicted octanol–water partition coefficient (Wildman–Crippen LogP) is 2.50. The van der Waals surface area contributed by atoms with Crippen LogP contribution in [0.25, 0.3) is 0 Å².